The third-order valence-corrected chi connectivity index (χ3v) is 6.40. The summed E-state index contributed by atoms with van der Waals surface area (Å²) in [4.78, 5) is 13.4. The van der Waals surface area contributed by atoms with Crippen molar-refractivity contribution in [2.45, 2.75) is 17.7 Å². The van der Waals surface area contributed by atoms with Crippen molar-refractivity contribution in [2.24, 2.45) is 0 Å². The number of benzene rings is 3. The van der Waals surface area contributed by atoms with Crippen LogP contribution in [-0.4, -0.2) is 25.1 Å². The van der Waals surface area contributed by atoms with Crippen molar-refractivity contribution < 1.29 is 18.3 Å². The van der Waals surface area contributed by atoms with Crippen LogP contribution in [0.3, 0.4) is 0 Å². The maximum atomic E-state index is 13.1. The molecule has 3 rings (SSSR count). The molecule has 0 aliphatic heterocycles. The van der Waals surface area contributed by atoms with E-state index < -0.39 is 21.5 Å². The van der Waals surface area contributed by atoms with E-state index in [1.165, 1.54) is 12.1 Å². The number of ketones is 1. The molecule has 0 radical (unpaired) electrons. The first-order valence-corrected chi connectivity index (χ1v) is 10.2. The SMILES string of the molecule is Cc1ccccc1S(=O)(=O)CC(C(=O)c1ccccc1O)c1ccccc1. The second-order valence-electron chi connectivity index (χ2n) is 6.39. The van der Waals surface area contributed by atoms with E-state index in [1.807, 2.05) is 0 Å². The van der Waals surface area contributed by atoms with Crippen LogP contribution >= 0.6 is 0 Å². The van der Waals surface area contributed by atoms with Gasteiger partial charge in [-0.1, -0.05) is 60.7 Å². The fourth-order valence-electron chi connectivity index (χ4n) is 3.09. The Morgan fingerprint density at radius 2 is 1.48 bits per heavy atom. The van der Waals surface area contributed by atoms with Gasteiger partial charge >= 0.3 is 0 Å². The Hall–Kier alpha value is -2.92. The van der Waals surface area contributed by atoms with E-state index >= 15 is 0 Å². The number of rotatable bonds is 6. The van der Waals surface area contributed by atoms with Crippen LogP contribution in [0.2, 0.25) is 0 Å². The molecule has 0 saturated carbocycles. The summed E-state index contributed by atoms with van der Waals surface area (Å²) in [6.45, 7) is 1.73. The minimum absolute atomic E-state index is 0.117. The third-order valence-electron chi connectivity index (χ3n) is 4.50. The largest absolute Gasteiger partial charge is 0.507 e. The van der Waals surface area contributed by atoms with Crippen LogP contribution in [0.25, 0.3) is 0 Å². The number of aryl methyl sites for hydroxylation is 1. The van der Waals surface area contributed by atoms with Gasteiger partial charge in [-0.3, -0.25) is 4.79 Å². The lowest BCUT2D eigenvalue weighted by Crippen LogP contribution is -2.23. The molecule has 1 unspecified atom stereocenters. The topological polar surface area (TPSA) is 71.4 Å². The van der Waals surface area contributed by atoms with Gasteiger partial charge in [0.05, 0.1) is 22.1 Å². The summed E-state index contributed by atoms with van der Waals surface area (Å²) < 4.78 is 26.1. The first-order chi connectivity index (χ1) is 12.9. The van der Waals surface area contributed by atoms with Crippen LogP contribution in [-0.2, 0) is 9.84 Å². The maximum absolute atomic E-state index is 13.1. The smallest absolute Gasteiger partial charge is 0.179 e. The molecule has 0 spiro atoms. The summed E-state index contributed by atoms with van der Waals surface area (Å²) in [5, 5.41) is 10.1. The minimum atomic E-state index is -3.71. The summed E-state index contributed by atoms with van der Waals surface area (Å²) in [5.41, 5.74) is 1.36. The van der Waals surface area contributed by atoms with E-state index in [0.717, 1.165) is 0 Å². The number of carbonyl (C=O) groups excluding carboxylic acids is 1. The molecule has 0 fully saturated rings. The molecule has 0 aliphatic carbocycles. The van der Waals surface area contributed by atoms with Gasteiger partial charge in [-0.05, 0) is 36.2 Å². The van der Waals surface area contributed by atoms with Crippen LogP contribution in [0.4, 0.5) is 0 Å². The highest BCUT2D eigenvalue weighted by Gasteiger charge is 2.30. The highest BCUT2D eigenvalue weighted by Crippen LogP contribution is 2.29. The zero-order valence-corrected chi connectivity index (χ0v) is 15.7. The van der Waals surface area contributed by atoms with Crippen LogP contribution in [0.15, 0.2) is 83.8 Å². The molecule has 3 aromatic rings. The highest BCUT2D eigenvalue weighted by atomic mass is 32.2. The number of phenols is 1. The Kier molecular flexibility index (Phi) is 5.42. The van der Waals surface area contributed by atoms with Crippen molar-refractivity contribution in [3.8, 4) is 5.75 Å². The molecule has 0 aromatic heterocycles. The van der Waals surface area contributed by atoms with Crippen molar-refractivity contribution in [1.29, 1.82) is 0 Å². The number of sulfone groups is 1. The summed E-state index contributed by atoms with van der Waals surface area (Å²) >= 11 is 0. The van der Waals surface area contributed by atoms with E-state index in [4.69, 9.17) is 0 Å². The van der Waals surface area contributed by atoms with Crippen LogP contribution in [0.1, 0.15) is 27.4 Å². The number of phenolic OH excluding ortho intramolecular Hbond substituents is 1. The average molecular weight is 380 g/mol. The number of hydrogen-bond acceptors (Lipinski definition) is 4. The molecule has 27 heavy (non-hydrogen) atoms. The van der Waals surface area contributed by atoms with E-state index in [9.17, 15) is 18.3 Å². The maximum Gasteiger partial charge on any atom is 0.179 e. The van der Waals surface area contributed by atoms with Gasteiger partial charge in [0, 0.05) is 0 Å². The fourth-order valence-corrected chi connectivity index (χ4v) is 4.90. The molecule has 0 aliphatic rings. The van der Waals surface area contributed by atoms with Crippen molar-refractivity contribution >= 4 is 15.6 Å². The second kappa shape index (κ2) is 7.76. The number of aromatic hydroxyl groups is 1. The van der Waals surface area contributed by atoms with E-state index in [1.54, 1.807) is 73.7 Å². The normalized spacial score (nSPS) is 12.5. The predicted molar refractivity (Wildman–Crippen MR) is 105 cm³/mol. The highest BCUT2D eigenvalue weighted by molar-refractivity contribution is 7.91. The quantitative estimate of drug-likeness (QED) is 0.653. The molecule has 5 heteroatoms. The van der Waals surface area contributed by atoms with Gasteiger partial charge in [0.15, 0.2) is 15.6 Å². The molecule has 0 heterocycles. The Labute approximate surface area is 159 Å². The van der Waals surface area contributed by atoms with Gasteiger partial charge in [0.25, 0.3) is 0 Å². The van der Waals surface area contributed by atoms with Gasteiger partial charge < -0.3 is 5.11 Å². The molecule has 138 valence electrons. The van der Waals surface area contributed by atoms with Crippen LogP contribution in [0, 0.1) is 6.92 Å². The Morgan fingerprint density at radius 3 is 2.15 bits per heavy atom. The average Bonchev–Trinajstić information content (AvgIpc) is 2.67. The summed E-state index contributed by atoms with van der Waals surface area (Å²) in [6.07, 6.45) is 0. The predicted octanol–water partition coefficient (Wildman–Crippen LogP) is 4.14. The Bertz CT molecular complexity index is 1060. The minimum Gasteiger partial charge on any atom is -0.507 e. The number of Topliss-reactive ketones (excluding diaryl/α,β-unsaturated/α-hetero) is 1. The summed E-state index contributed by atoms with van der Waals surface area (Å²) in [6, 6.07) is 21.7. The van der Waals surface area contributed by atoms with Crippen LogP contribution < -0.4 is 0 Å². The van der Waals surface area contributed by atoms with E-state index in [-0.39, 0.29) is 22.0 Å². The molecule has 1 N–H and O–H groups in total. The fraction of sp³-hybridized carbons (Fsp3) is 0.136. The first kappa shape index (κ1) is 18.9. The van der Waals surface area contributed by atoms with Gasteiger partial charge in [-0.25, -0.2) is 8.42 Å². The molecule has 1 atom stereocenters. The van der Waals surface area contributed by atoms with E-state index in [0.29, 0.717) is 11.1 Å². The molecular weight excluding hydrogens is 360 g/mol. The van der Waals surface area contributed by atoms with Gasteiger partial charge in [-0.2, -0.15) is 0 Å². The van der Waals surface area contributed by atoms with Crippen LogP contribution in [0.5, 0.6) is 5.75 Å². The first-order valence-electron chi connectivity index (χ1n) is 8.55. The zero-order chi connectivity index (χ0) is 19.4. The van der Waals surface area contributed by atoms with Gasteiger partial charge in [-0.15, -0.1) is 0 Å². The monoisotopic (exact) mass is 380 g/mol. The molecule has 3 aromatic carbocycles. The lowest BCUT2D eigenvalue weighted by molar-refractivity contribution is 0.0964. The molecule has 4 nitrogen and oxygen atoms in total. The zero-order valence-electron chi connectivity index (χ0n) is 14.9. The molecule has 0 amide bonds. The Morgan fingerprint density at radius 1 is 0.889 bits per heavy atom. The number of carbonyl (C=O) groups is 1. The molecule has 0 saturated heterocycles. The van der Waals surface area contributed by atoms with Crippen molar-refractivity contribution in [2.75, 3.05) is 5.75 Å². The van der Waals surface area contributed by atoms with Gasteiger partial charge in [0.2, 0.25) is 0 Å². The van der Waals surface area contributed by atoms with Crippen molar-refractivity contribution in [3.63, 3.8) is 0 Å². The summed E-state index contributed by atoms with van der Waals surface area (Å²) in [7, 11) is -3.71. The van der Waals surface area contributed by atoms with Crippen molar-refractivity contribution in [1.82, 2.24) is 0 Å². The number of para-hydroxylation sites is 1. The summed E-state index contributed by atoms with van der Waals surface area (Å²) in [5.74, 6) is -1.85. The lowest BCUT2D eigenvalue weighted by Gasteiger charge is -2.18. The second-order valence-corrected chi connectivity index (χ2v) is 8.39. The third kappa shape index (κ3) is 4.09. The van der Waals surface area contributed by atoms with E-state index in [2.05, 4.69) is 0 Å². The molecular formula is C22H20O4S. The lowest BCUT2D eigenvalue weighted by atomic mass is 9.92. The number of hydrogen-bond donors (Lipinski definition) is 1. The Balaban J connectivity index is 2.05. The van der Waals surface area contributed by atoms with Gasteiger partial charge in [0.1, 0.15) is 5.75 Å². The van der Waals surface area contributed by atoms with Crippen molar-refractivity contribution in [3.05, 3.63) is 95.6 Å². The standard InChI is InChI=1S/C22H20O4S/c1-16-9-5-8-14-21(16)27(25,26)15-19(17-10-3-2-4-11-17)22(24)18-12-6-7-13-20(18)23/h2-14,19,23H,15H2,1H3. The molecule has 0 bridgehead atoms.